The van der Waals surface area contributed by atoms with Crippen LogP contribution >= 0.6 is 0 Å². The van der Waals surface area contributed by atoms with Crippen molar-refractivity contribution >= 4 is 10.0 Å². The van der Waals surface area contributed by atoms with Crippen molar-refractivity contribution in [2.75, 3.05) is 13.1 Å². The van der Waals surface area contributed by atoms with Gasteiger partial charge in [-0.1, -0.05) is 30.3 Å². The second kappa shape index (κ2) is 5.84. The fraction of sp³-hybridized carbons (Fsp3) is 0.600. The van der Waals surface area contributed by atoms with Crippen LogP contribution in [0.3, 0.4) is 0 Å². The summed E-state index contributed by atoms with van der Waals surface area (Å²) in [6.45, 7) is 2.78. The Hall–Kier alpha value is -0.910. The van der Waals surface area contributed by atoms with Crippen molar-refractivity contribution in [1.82, 2.24) is 9.62 Å². The van der Waals surface area contributed by atoms with Crippen LogP contribution in [0.1, 0.15) is 31.2 Å². The van der Waals surface area contributed by atoms with E-state index in [1.54, 1.807) is 0 Å². The zero-order chi connectivity index (χ0) is 14.0. The molecule has 0 bridgehead atoms. The van der Waals surface area contributed by atoms with Crippen molar-refractivity contribution in [3.8, 4) is 0 Å². The normalized spacial score (nSPS) is 24.7. The summed E-state index contributed by atoms with van der Waals surface area (Å²) < 4.78 is 26.9. The van der Waals surface area contributed by atoms with E-state index in [0.29, 0.717) is 0 Å². The SMILES string of the molecule is O=S(=O)(NC1CCCN(Cc2ccccc2)C1)C1CC1. The quantitative estimate of drug-likeness (QED) is 0.900. The average Bonchev–Trinajstić information content (AvgIpc) is 3.24. The van der Waals surface area contributed by atoms with Crippen LogP contribution in [-0.4, -0.2) is 37.7 Å². The first-order valence-corrected chi connectivity index (χ1v) is 8.95. The minimum absolute atomic E-state index is 0.0815. The molecule has 110 valence electrons. The molecule has 2 fully saturated rings. The van der Waals surface area contributed by atoms with Gasteiger partial charge >= 0.3 is 0 Å². The molecule has 0 amide bonds. The fourth-order valence-electron chi connectivity index (χ4n) is 2.84. The lowest BCUT2D eigenvalue weighted by Gasteiger charge is -2.33. The third kappa shape index (κ3) is 3.59. The summed E-state index contributed by atoms with van der Waals surface area (Å²) in [5.41, 5.74) is 1.29. The van der Waals surface area contributed by atoms with E-state index in [2.05, 4.69) is 21.8 Å². The van der Waals surface area contributed by atoms with E-state index in [1.807, 2.05) is 18.2 Å². The topological polar surface area (TPSA) is 49.4 Å². The van der Waals surface area contributed by atoms with Crippen molar-refractivity contribution < 1.29 is 8.42 Å². The molecule has 0 aromatic heterocycles. The number of hydrogen-bond acceptors (Lipinski definition) is 3. The van der Waals surface area contributed by atoms with Crippen LogP contribution in [0.25, 0.3) is 0 Å². The van der Waals surface area contributed by atoms with Crippen LogP contribution in [-0.2, 0) is 16.6 Å². The molecule has 0 radical (unpaired) electrons. The maximum Gasteiger partial charge on any atom is 0.214 e. The molecule has 1 heterocycles. The molecule has 1 aromatic rings. The highest BCUT2D eigenvalue weighted by atomic mass is 32.2. The third-order valence-electron chi connectivity index (χ3n) is 4.05. The number of benzene rings is 1. The van der Waals surface area contributed by atoms with Gasteiger partial charge in [-0.25, -0.2) is 13.1 Å². The van der Waals surface area contributed by atoms with Crippen molar-refractivity contribution in [2.45, 2.75) is 43.5 Å². The molecule has 1 atom stereocenters. The zero-order valence-corrected chi connectivity index (χ0v) is 12.5. The average molecular weight is 294 g/mol. The van der Waals surface area contributed by atoms with Gasteiger partial charge in [-0.2, -0.15) is 0 Å². The lowest BCUT2D eigenvalue weighted by Crippen LogP contribution is -2.48. The lowest BCUT2D eigenvalue weighted by atomic mass is 10.1. The van der Waals surface area contributed by atoms with E-state index in [-0.39, 0.29) is 11.3 Å². The molecular weight excluding hydrogens is 272 g/mol. The summed E-state index contributed by atoms with van der Waals surface area (Å²) >= 11 is 0. The molecule has 20 heavy (non-hydrogen) atoms. The number of nitrogens with zero attached hydrogens (tertiary/aromatic N) is 1. The van der Waals surface area contributed by atoms with Crippen molar-refractivity contribution in [1.29, 1.82) is 0 Å². The minimum Gasteiger partial charge on any atom is -0.298 e. The molecule has 1 saturated heterocycles. The van der Waals surface area contributed by atoms with Gasteiger partial charge in [0.15, 0.2) is 0 Å². The van der Waals surface area contributed by atoms with E-state index >= 15 is 0 Å². The van der Waals surface area contributed by atoms with Crippen LogP contribution in [0.5, 0.6) is 0 Å². The number of sulfonamides is 1. The van der Waals surface area contributed by atoms with E-state index in [1.165, 1.54) is 5.56 Å². The molecule has 1 saturated carbocycles. The number of likely N-dealkylation sites (tertiary alicyclic amines) is 1. The van der Waals surface area contributed by atoms with Gasteiger partial charge in [0.2, 0.25) is 10.0 Å². The highest BCUT2D eigenvalue weighted by Gasteiger charge is 2.37. The molecule has 1 aromatic carbocycles. The van der Waals surface area contributed by atoms with E-state index in [0.717, 1.165) is 45.3 Å². The van der Waals surface area contributed by atoms with Crippen LogP contribution < -0.4 is 4.72 Å². The third-order valence-corrected chi connectivity index (χ3v) is 6.06. The Morgan fingerprint density at radius 3 is 2.60 bits per heavy atom. The van der Waals surface area contributed by atoms with Gasteiger partial charge in [-0.15, -0.1) is 0 Å². The molecule has 2 aliphatic rings. The highest BCUT2D eigenvalue weighted by Crippen LogP contribution is 2.28. The first-order valence-electron chi connectivity index (χ1n) is 7.41. The van der Waals surface area contributed by atoms with Gasteiger partial charge in [-0.3, -0.25) is 4.90 Å². The second-order valence-corrected chi connectivity index (χ2v) is 7.91. The Labute approximate surface area is 121 Å². The Kier molecular flexibility index (Phi) is 4.10. The molecule has 1 unspecified atom stereocenters. The van der Waals surface area contributed by atoms with Crippen molar-refractivity contribution in [2.24, 2.45) is 0 Å². The van der Waals surface area contributed by atoms with Gasteiger partial charge in [0.1, 0.15) is 0 Å². The monoisotopic (exact) mass is 294 g/mol. The molecule has 3 rings (SSSR count). The predicted octanol–water partition coefficient (Wildman–Crippen LogP) is 1.73. The van der Waals surface area contributed by atoms with Crippen molar-refractivity contribution in [3.63, 3.8) is 0 Å². The van der Waals surface area contributed by atoms with Gasteiger partial charge in [-0.05, 0) is 37.8 Å². The summed E-state index contributed by atoms with van der Waals surface area (Å²) in [5, 5.41) is -0.119. The Morgan fingerprint density at radius 1 is 1.15 bits per heavy atom. The molecule has 0 spiro atoms. The van der Waals surface area contributed by atoms with Gasteiger partial charge in [0.05, 0.1) is 5.25 Å². The summed E-state index contributed by atoms with van der Waals surface area (Å²) in [5.74, 6) is 0. The largest absolute Gasteiger partial charge is 0.298 e. The first kappa shape index (κ1) is 14.0. The summed E-state index contributed by atoms with van der Waals surface area (Å²) in [4.78, 5) is 2.35. The predicted molar refractivity (Wildman–Crippen MR) is 79.8 cm³/mol. The molecule has 4 nitrogen and oxygen atoms in total. The Balaban J connectivity index is 1.56. The van der Waals surface area contributed by atoms with Crippen LogP contribution in [0.2, 0.25) is 0 Å². The number of piperidine rings is 1. The summed E-state index contributed by atoms with van der Waals surface area (Å²) in [7, 11) is -3.06. The van der Waals surface area contributed by atoms with Gasteiger partial charge in [0, 0.05) is 19.1 Å². The van der Waals surface area contributed by atoms with E-state index < -0.39 is 10.0 Å². The maximum atomic E-state index is 12.0. The Bertz CT molecular complexity index is 540. The molecule has 1 N–H and O–H groups in total. The van der Waals surface area contributed by atoms with E-state index in [9.17, 15) is 8.42 Å². The van der Waals surface area contributed by atoms with Gasteiger partial charge < -0.3 is 0 Å². The standard InChI is InChI=1S/C15H22N2O2S/c18-20(19,15-8-9-15)16-14-7-4-10-17(12-14)11-13-5-2-1-3-6-13/h1-3,5-6,14-16H,4,7-12H2. The number of rotatable bonds is 5. The molecule has 5 heteroatoms. The van der Waals surface area contributed by atoms with Gasteiger partial charge in [0.25, 0.3) is 0 Å². The first-order chi connectivity index (χ1) is 9.63. The Morgan fingerprint density at radius 2 is 1.90 bits per heavy atom. The highest BCUT2D eigenvalue weighted by molar-refractivity contribution is 7.90. The maximum absolute atomic E-state index is 12.0. The van der Waals surface area contributed by atoms with Crippen molar-refractivity contribution in [3.05, 3.63) is 35.9 Å². The number of nitrogens with one attached hydrogen (secondary N) is 1. The summed E-state index contributed by atoms with van der Waals surface area (Å²) in [6, 6.07) is 10.4. The molecule has 1 aliphatic carbocycles. The summed E-state index contributed by atoms with van der Waals surface area (Å²) in [6.07, 6.45) is 3.67. The van der Waals surface area contributed by atoms with Crippen LogP contribution in [0.4, 0.5) is 0 Å². The van der Waals surface area contributed by atoms with Crippen LogP contribution in [0, 0.1) is 0 Å². The van der Waals surface area contributed by atoms with E-state index in [4.69, 9.17) is 0 Å². The smallest absolute Gasteiger partial charge is 0.214 e. The minimum atomic E-state index is -3.06. The second-order valence-electron chi connectivity index (χ2n) is 5.92. The lowest BCUT2D eigenvalue weighted by molar-refractivity contribution is 0.194. The molecular formula is C15H22N2O2S. The zero-order valence-electron chi connectivity index (χ0n) is 11.7. The fourth-order valence-corrected chi connectivity index (χ4v) is 4.45. The van der Waals surface area contributed by atoms with Crippen LogP contribution in [0.15, 0.2) is 30.3 Å². The molecule has 1 aliphatic heterocycles. The number of hydrogen-bond donors (Lipinski definition) is 1.